The molecule has 1 heterocycles. The van der Waals surface area contributed by atoms with Crippen molar-refractivity contribution in [1.82, 2.24) is 9.80 Å². The van der Waals surface area contributed by atoms with Crippen molar-refractivity contribution in [2.75, 3.05) is 33.8 Å². The predicted octanol–water partition coefficient (Wildman–Crippen LogP) is 0.928. The Kier molecular flexibility index (Phi) is 4.61. The van der Waals surface area contributed by atoms with Gasteiger partial charge in [0.2, 0.25) is 11.8 Å². The van der Waals surface area contributed by atoms with Gasteiger partial charge in [0.15, 0.2) is 0 Å². The summed E-state index contributed by atoms with van der Waals surface area (Å²) in [5, 5.41) is 0. The molecule has 1 aliphatic heterocycles. The molecule has 0 bridgehead atoms. The fourth-order valence-electron chi connectivity index (χ4n) is 2.28. The normalized spacial score (nSPS) is 15.4. The minimum Gasteiger partial charge on any atom is -0.496 e. The fraction of sp³-hybridized carbons (Fsp3) is 0.467. The third-order valence-electron chi connectivity index (χ3n) is 3.61. The van der Waals surface area contributed by atoms with Crippen molar-refractivity contribution in [2.24, 2.45) is 0 Å². The molecule has 0 aromatic heterocycles. The molecule has 5 nitrogen and oxygen atoms in total. The molecule has 5 heteroatoms. The number of hydrogen-bond donors (Lipinski definition) is 0. The number of ether oxygens (including phenoxy) is 1. The molecule has 1 fully saturated rings. The molecule has 2 amide bonds. The van der Waals surface area contributed by atoms with Crippen LogP contribution in [-0.2, 0) is 16.0 Å². The Balaban J connectivity index is 1.91. The van der Waals surface area contributed by atoms with E-state index in [1.807, 2.05) is 24.3 Å². The highest BCUT2D eigenvalue weighted by molar-refractivity contribution is 5.86. The molecule has 1 aromatic carbocycles. The van der Waals surface area contributed by atoms with Gasteiger partial charge >= 0.3 is 0 Å². The Morgan fingerprint density at radius 1 is 1.30 bits per heavy atom. The summed E-state index contributed by atoms with van der Waals surface area (Å²) < 4.78 is 5.27. The number of para-hydroxylation sites is 1. The first kappa shape index (κ1) is 14.4. The van der Waals surface area contributed by atoms with Crippen molar-refractivity contribution in [2.45, 2.75) is 12.8 Å². The highest BCUT2D eigenvalue weighted by atomic mass is 16.5. The third-order valence-corrected chi connectivity index (χ3v) is 3.61. The zero-order chi connectivity index (χ0) is 14.5. The van der Waals surface area contributed by atoms with E-state index in [-0.39, 0.29) is 18.4 Å². The van der Waals surface area contributed by atoms with Crippen molar-refractivity contribution in [3.05, 3.63) is 29.8 Å². The standard InChI is InChI=1S/C15H20N2O3/c1-16-9-10-17(11-15(16)19)14(18)8-7-12-5-3-4-6-13(12)20-2/h3-6H,7-11H2,1-2H3. The van der Waals surface area contributed by atoms with E-state index in [0.29, 0.717) is 25.9 Å². The maximum Gasteiger partial charge on any atom is 0.241 e. The highest BCUT2D eigenvalue weighted by Gasteiger charge is 2.24. The summed E-state index contributed by atoms with van der Waals surface area (Å²) in [6.07, 6.45) is 1.03. The minimum absolute atomic E-state index is 0.00175. The summed E-state index contributed by atoms with van der Waals surface area (Å²) in [7, 11) is 3.39. The fourth-order valence-corrected chi connectivity index (χ4v) is 2.28. The third kappa shape index (κ3) is 3.29. The molecule has 0 radical (unpaired) electrons. The van der Waals surface area contributed by atoms with Crippen molar-refractivity contribution in [1.29, 1.82) is 0 Å². The lowest BCUT2D eigenvalue weighted by molar-refractivity contribution is -0.144. The number of nitrogens with zero attached hydrogens (tertiary/aromatic N) is 2. The lowest BCUT2D eigenvalue weighted by Crippen LogP contribution is -2.50. The lowest BCUT2D eigenvalue weighted by Gasteiger charge is -2.32. The Bertz CT molecular complexity index is 502. The molecular formula is C15H20N2O3. The molecule has 0 atom stereocenters. The summed E-state index contributed by atoms with van der Waals surface area (Å²) in [5.74, 6) is 0.828. The first-order chi connectivity index (χ1) is 9.61. The second kappa shape index (κ2) is 6.41. The SMILES string of the molecule is COc1ccccc1CCC(=O)N1CCN(C)C(=O)C1. The Hall–Kier alpha value is -2.04. The quantitative estimate of drug-likeness (QED) is 0.822. The monoisotopic (exact) mass is 276 g/mol. The molecule has 1 saturated heterocycles. The van der Waals surface area contributed by atoms with E-state index in [9.17, 15) is 9.59 Å². The number of hydrogen-bond acceptors (Lipinski definition) is 3. The first-order valence-electron chi connectivity index (χ1n) is 6.75. The predicted molar refractivity (Wildman–Crippen MR) is 75.5 cm³/mol. The van der Waals surface area contributed by atoms with Crippen LogP contribution in [0.25, 0.3) is 0 Å². The maximum absolute atomic E-state index is 12.1. The van der Waals surface area contributed by atoms with Crippen LogP contribution in [-0.4, -0.2) is 55.4 Å². The number of benzene rings is 1. The number of carbonyl (C=O) groups is 2. The zero-order valence-corrected chi connectivity index (χ0v) is 12.0. The molecule has 1 aliphatic rings. The molecule has 0 aliphatic carbocycles. The van der Waals surface area contributed by atoms with Crippen molar-refractivity contribution in [3.63, 3.8) is 0 Å². The summed E-state index contributed by atoms with van der Waals surface area (Å²) in [4.78, 5) is 27.0. The van der Waals surface area contributed by atoms with Crippen LogP contribution in [0.1, 0.15) is 12.0 Å². The molecule has 108 valence electrons. The van der Waals surface area contributed by atoms with Gasteiger partial charge in [0.1, 0.15) is 5.75 Å². The molecule has 0 saturated carbocycles. The van der Waals surface area contributed by atoms with Gasteiger partial charge in [0.05, 0.1) is 13.7 Å². The van der Waals surface area contributed by atoms with Crippen LogP contribution in [0, 0.1) is 0 Å². The molecule has 20 heavy (non-hydrogen) atoms. The Labute approximate surface area is 119 Å². The van der Waals surface area contributed by atoms with E-state index in [2.05, 4.69) is 0 Å². The van der Waals surface area contributed by atoms with E-state index in [1.54, 1.807) is 24.0 Å². The van der Waals surface area contributed by atoms with Gasteiger partial charge in [-0.15, -0.1) is 0 Å². The van der Waals surface area contributed by atoms with Gasteiger partial charge in [-0.2, -0.15) is 0 Å². The molecule has 1 aromatic rings. The van der Waals surface area contributed by atoms with E-state index in [1.165, 1.54) is 0 Å². The van der Waals surface area contributed by atoms with Gasteiger partial charge in [0, 0.05) is 26.6 Å². The summed E-state index contributed by atoms with van der Waals surface area (Å²) >= 11 is 0. The van der Waals surface area contributed by atoms with Crippen molar-refractivity contribution < 1.29 is 14.3 Å². The van der Waals surface area contributed by atoms with E-state index in [4.69, 9.17) is 4.74 Å². The van der Waals surface area contributed by atoms with Crippen molar-refractivity contribution >= 4 is 11.8 Å². The van der Waals surface area contributed by atoms with E-state index >= 15 is 0 Å². The van der Waals surface area contributed by atoms with E-state index < -0.39 is 0 Å². The van der Waals surface area contributed by atoms with Gasteiger partial charge in [-0.05, 0) is 18.1 Å². The van der Waals surface area contributed by atoms with Crippen LogP contribution in [0.4, 0.5) is 0 Å². The maximum atomic E-state index is 12.1. The van der Waals surface area contributed by atoms with Gasteiger partial charge in [-0.25, -0.2) is 0 Å². The number of likely N-dealkylation sites (N-methyl/N-ethyl adjacent to an activating group) is 1. The highest BCUT2D eigenvalue weighted by Crippen LogP contribution is 2.19. The largest absolute Gasteiger partial charge is 0.496 e. The lowest BCUT2D eigenvalue weighted by atomic mass is 10.1. The Morgan fingerprint density at radius 3 is 2.75 bits per heavy atom. The summed E-state index contributed by atoms with van der Waals surface area (Å²) in [6, 6.07) is 7.69. The van der Waals surface area contributed by atoms with Crippen LogP contribution in [0.15, 0.2) is 24.3 Å². The number of piperazine rings is 1. The number of amides is 2. The molecule has 0 N–H and O–H groups in total. The molecule has 0 spiro atoms. The summed E-state index contributed by atoms with van der Waals surface area (Å²) in [6.45, 7) is 1.42. The van der Waals surface area contributed by atoms with Crippen LogP contribution in [0.3, 0.4) is 0 Å². The van der Waals surface area contributed by atoms with Crippen LogP contribution < -0.4 is 4.74 Å². The molecular weight excluding hydrogens is 256 g/mol. The van der Waals surface area contributed by atoms with Gasteiger partial charge in [-0.3, -0.25) is 9.59 Å². The molecule has 2 rings (SSSR count). The summed E-state index contributed by atoms with van der Waals surface area (Å²) in [5.41, 5.74) is 1.02. The average molecular weight is 276 g/mol. The first-order valence-corrected chi connectivity index (χ1v) is 6.75. The second-order valence-electron chi connectivity index (χ2n) is 4.94. The second-order valence-corrected chi connectivity index (χ2v) is 4.94. The number of methoxy groups -OCH3 is 1. The zero-order valence-electron chi connectivity index (χ0n) is 12.0. The number of rotatable bonds is 4. The molecule has 0 unspecified atom stereocenters. The van der Waals surface area contributed by atoms with Crippen LogP contribution in [0.2, 0.25) is 0 Å². The van der Waals surface area contributed by atoms with Gasteiger partial charge < -0.3 is 14.5 Å². The number of aryl methyl sites for hydroxylation is 1. The minimum atomic E-state index is 0.00175. The van der Waals surface area contributed by atoms with Crippen LogP contribution in [0.5, 0.6) is 5.75 Å². The topological polar surface area (TPSA) is 49.9 Å². The van der Waals surface area contributed by atoms with Gasteiger partial charge in [0.25, 0.3) is 0 Å². The van der Waals surface area contributed by atoms with Crippen molar-refractivity contribution in [3.8, 4) is 5.75 Å². The van der Waals surface area contributed by atoms with Gasteiger partial charge in [-0.1, -0.05) is 18.2 Å². The average Bonchev–Trinajstić information content (AvgIpc) is 2.47. The van der Waals surface area contributed by atoms with Crippen LogP contribution >= 0.6 is 0 Å². The Morgan fingerprint density at radius 2 is 2.05 bits per heavy atom. The van der Waals surface area contributed by atoms with E-state index in [0.717, 1.165) is 11.3 Å². The smallest absolute Gasteiger partial charge is 0.241 e. The number of carbonyl (C=O) groups excluding carboxylic acids is 2.